The molecule has 1 aliphatic carbocycles. The first-order chi connectivity index (χ1) is 13.2. The lowest BCUT2D eigenvalue weighted by molar-refractivity contribution is 0.0681. The fourth-order valence-corrected chi connectivity index (χ4v) is 3.59. The van der Waals surface area contributed by atoms with Crippen LogP contribution in [0.25, 0.3) is 11.3 Å². The number of pyridine rings is 1. The van der Waals surface area contributed by atoms with Gasteiger partial charge in [0.15, 0.2) is 0 Å². The maximum absolute atomic E-state index is 11.8. The molecule has 0 atom stereocenters. The van der Waals surface area contributed by atoms with Crippen LogP contribution in [0.4, 0.5) is 0 Å². The average Bonchev–Trinajstić information content (AvgIpc) is 3.31. The van der Waals surface area contributed by atoms with Crippen LogP contribution in [0.3, 0.4) is 0 Å². The maximum Gasteiger partial charge on any atom is 0.354 e. The lowest BCUT2D eigenvalue weighted by Gasteiger charge is -2.14. The van der Waals surface area contributed by atoms with Crippen molar-refractivity contribution in [2.75, 3.05) is 13.1 Å². The van der Waals surface area contributed by atoms with Gasteiger partial charge in [-0.2, -0.15) is 5.10 Å². The van der Waals surface area contributed by atoms with Gasteiger partial charge in [0, 0.05) is 54.9 Å². The van der Waals surface area contributed by atoms with Crippen molar-refractivity contribution in [1.82, 2.24) is 30.0 Å². The second-order valence-corrected chi connectivity index (χ2v) is 6.67. The summed E-state index contributed by atoms with van der Waals surface area (Å²) in [6, 6.07) is 1.92. The summed E-state index contributed by atoms with van der Waals surface area (Å²) in [6.07, 6.45) is 10.3. The molecular weight excluding hydrogens is 344 g/mol. The van der Waals surface area contributed by atoms with Gasteiger partial charge in [0.1, 0.15) is 5.69 Å². The smallest absolute Gasteiger partial charge is 0.354 e. The summed E-state index contributed by atoms with van der Waals surface area (Å²) < 4.78 is 1.65. The first-order valence-electron chi connectivity index (χ1n) is 9.18. The monoisotopic (exact) mass is 366 g/mol. The number of rotatable bonds is 8. The number of hydrogen-bond acceptors (Lipinski definition) is 5. The minimum atomic E-state index is -0.909. The Labute approximate surface area is 156 Å². The molecule has 0 saturated heterocycles. The standard InChI is InChI=1S/C19H22N6O2/c26-19(27)18-16-3-2-13-10-21-8-5-15(13)17(16)24-25(18)9-1-6-20-7-4-14-11-22-12-23-14/h5,8,10-12,20H,1-4,6-7,9H2,(H,22,23)(H,26,27). The molecule has 4 rings (SSSR count). The molecule has 0 radical (unpaired) electrons. The van der Waals surface area contributed by atoms with Crippen LogP contribution in [0.2, 0.25) is 0 Å². The number of carboxylic acid groups (broad SMARTS) is 1. The van der Waals surface area contributed by atoms with Gasteiger partial charge < -0.3 is 15.4 Å². The predicted molar refractivity (Wildman–Crippen MR) is 99.6 cm³/mol. The van der Waals surface area contributed by atoms with E-state index in [0.29, 0.717) is 18.7 Å². The molecule has 3 N–H and O–H groups in total. The SMILES string of the molecule is O=C(O)c1c2c(nn1CCCNCCc1cnc[nH]1)-c1ccncc1CC2. The molecule has 3 aromatic heterocycles. The second kappa shape index (κ2) is 7.71. The first kappa shape index (κ1) is 17.4. The molecule has 27 heavy (non-hydrogen) atoms. The highest BCUT2D eigenvalue weighted by Gasteiger charge is 2.27. The van der Waals surface area contributed by atoms with Crippen molar-refractivity contribution in [1.29, 1.82) is 0 Å². The van der Waals surface area contributed by atoms with Gasteiger partial charge >= 0.3 is 5.97 Å². The Morgan fingerprint density at radius 3 is 3.00 bits per heavy atom. The highest BCUT2D eigenvalue weighted by atomic mass is 16.4. The van der Waals surface area contributed by atoms with Crippen molar-refractivity contribution in [3.8, 4) is 11.3 Å². The summed E-state index contributed by atoms with van der Waals surface area (Å²) in [5.41, 5.74) is 5.20. The topological polar surface area (TPSA) is 109 Å². The van der Waals surface area contributed by atoms with Crippen LogP contribution in [0, 0.1) is 0 Å². The van der Waals surface area contributed by atoms with E-state index >= 15 is 0 Å². The zero-order chi connectivity index (χ0) is 18.6. The van der Waals surface area contributed by atoms with Crippen molar-refractivity contribution >= 4 is 5.97 Å². The summed E-state index contributed by atoms with van der Waals surface area (Å²) in [6.45, 7) is 2.23. The molecule has 8 heteroatoms. The summed E-state index contributed by atoms with van der Waals surface area (Å²) in [5, 5.41) is 17.7. The van der Waals surface area contributed by atoms with E-state index in [1.54, 1.807) is 17.2 Å². The van der Waals surface area contributed by atoms with Crippen molar-refractivity contribution in [2.45, 2.75) is 32.2 Å². The summed E-state index contributed by atoms with van der Waals surface area (Å²) in [7, 11) is 0. The van der Waals surface area contributed by atoms with Gasteiger partial charge in [-0.05, 0) is 37.4 Å². The molecule has 8 nitrogen and oxygen atoms in total. The van der Waals surface area contributed by atoms with Crippen LogP contribution < -0.4 is 5.32 Å². The van der Waals surface area contributed by atoms with E-state index in [4.69, 9.17) is 0 Å². The number of imidazole rings is 1. The number of carboxylic acids is 1. The van der Waals surface area contributed by atoms with Crippen LogP contribution in [0.5, 0.6) is 0 Å². The zero-order valence-electron chi connectivity index (χ0n) is 15.0. The molecule has 0 amide bonds. The van der Waals surface area contributed by atoms with E-state index in [-0.39, 0.29) is 0 Å². The van der Waals surface area contributed by atoms with E-state index in [9.17, 15) is 9.90 Å². The van der Waals surface area contributed by atoms with Crippen LogP contribution >= 0.6 is 0 Å². The van der Waals surface area contributed by atoms with Crippen LogP contribution in [0.1, 0.15) is 33.7 Å². The van der Waals surface area contributed by atoms with E-state index < -0.39 is 5.97 Å². The molecule has 0 bridgehead atoms. The number of hydrogen-bond donors (Lipinski definition) is 3. The Morgan fingerprint density at radius 1 is 1.26 bits per heavy atom. The van der Waals surface area contributed by atoms with Gasteiger partial charge in [-0.1, -0.05) is 0 Å². The van der Waals surface area contributed by atoms with Gasteiger partial charge in [0.2, 0.25) is 0 Å². The second-order valence-electron chi connectivity index (χ2n) is 6.67. The number of fused-ring (bicyclic) bond motifs is 3. The van der Waals surface area contributed by atoms with E-state index in [1.807, 2.05) is 18.5 Å². The number of H-pyrrole nitrogens is 1. The molecule has 0 aromatic carbocycles. The Kier molecular flexibility index (Phi) is 4.97. The lowest BCUT2D eigenvalue weighted by Crippen LogP contribution is -2.21. The van der Waals surface area contributed by atoms with E-state index in [0.717, 1.165) is 60.4 Å². The Bertz CT molecular complexity index is 932. The molecule has 0 aliphatic heterocycles. The highest BCUT2D eigenvalue weighted by molar-refractivity contribution is 5.90. The Balaban J connectivity index is 1.41. The first-order valence-corrected chi connectivity index (χ1v) is 9.18. The molecule has 0 fully saturated rings. The maximum atomic E-state index is 11.8. The summed E-state index contributed by atoms with van der Waals surface area (Å²) >= 11 is 0. The van der Waals surface area contributed by atoms with Crippen LogP contribution in [-0.4, -0.2) is 48.9 Å². The highest BCUT2D eigenvalue weighted by Crippen LogP contribution is 2.34. The van der Waals surface area contributed by atoms with Gasteiger partial charge in [0.25, 0.3) is 0 Å². The number of aryl methyl sites for hydroxylation is 2. The Hall–Kier alpha value is -3.00. The number of nitrogens with one attached hydrogen (secondary N) is 2. The van der Waals surface area contributed by atoms with Crippen molar-refractivity contribution in [2.24, 2.45) is 0 Å². The fraction of sp³-hybridized carbons (Fsp3) is 0.368. The minimum absolute atomic E-state index is 0.324. The molecule has 0 saturated carbocycles. The largest absolute Gasteiger partial charge is 0.477 e. The fourth-order valence-electron chi connectivity index (χ4n) is 3.59. The molecule has 3 aromatic rings. The van der Waals surface area contributed by atoms with Crippen molar-refractivity contribution in [3.05, 3.63) is 53.5 Å². The van der Waals surface area contributed by atoms with Gasteiger partial charge in [0.05, 0.1) is 12.0 Å². The quantitative estimate of drug-likeness (QED) is 0.524. The number of carbonyl (C=O) groups is 1. The van der Waals surface area contributed by atoms with E-state index in [1.165, 1.54) is 0 Å². The molecular formula is C19H22N6O2. The lowest BCUT2D eigenvalue weighted by atomic mass is 9.90. The zero-order valence-corrected chi connectivity index (χ0v) is 15.0. The number of aromatic carboxylic acids is 1. The average molecular weight is 366 g/mol. The van der Waals surface area contributed by atoms with Gasteiger partial charge in [-0.3, -0.25) is 9.67 Å². The third-order valence-electron chi connectivity index (χ3n) is 4.91. The van der Waals surface area contributed by atoms with Crippen molar-refractivity contribution < 1.29 is 9.90 Å². The van der Waals surface area contributed by atoms with Crippen molar-refractivity contribution in [3.63, 3.8) is 0 Å². The third kappa shape index (κ3) is 3.61. The molecule has 0 spiro atoms. The molecule has 140 valence electrons. The molecule has 3 heterocycles. The molecule has 1 aliphatic rings. The number of aromatic nitrogens is 5. The van der Waals surface area contributed by atoms with Gasteiger partial charge in [-0.15, -0.1) is 0 Å². The van der Waals surface area contributed by atoms with Crippen LogP contribution in [-0.2, 0) is 25.8 Å². The van der Waals surface area contributed by atoms with Crippen LogP contribution in [0.15, 0.2) is 31.0 Å². The third-order valence-corrected chi connectivity index (χ3v) is 4.91. The normalized spacial score (nSPS) is 12.6. The van der Waals surface area contributed by atoms with Gasteiger partial charge in [-0.25, -0.2) is 9.78 Å². The number of aromatic amines is 1. The number of nitrogens with zero attached hydrogens (tertiary/aromatic N) is 4. The predicted octanol–water partition coefficient (Wildman–Crippen LogP) is 1.69. The minimum Gasteiger partial charge on any atom is -0.477 e. The Morgan fingerprint density at radius 2 is 2.19 bits per heavy atom. The summed E-state index contributed by atoms with van der Waals surface area (Å²) in [4.78, 5) is 23.1. The molecule has 0 unspecified atom stereocenters. The summed E-state index contributed by atoms with van der Waals surface area (Å²) in [5.74, 6) is -0.909. The van der Waals surface area contributed by atoms with E-state index in [2.05, 4.69) is 25.4 Å².